The first-order chi connectivity index (χ1) is 34.8. The van der Waals surface area contributed by atoms with E-state index in [2.05, 4.69) is 269 Å². The number of hydrogen-bond acceptors (Lipinski definition) is 1. The third-order valence-corrected chi connectivity index (χ3v) is 14.2. The fraction of sp³-hybridized carbons (Fsp3) is 0.0435. The summed E-state index contributed by atoms with van der Waals surface area (Å²) in [6.45, 7) is 19.3. The van der Waals surface area contributed by atoms with Crippen LogP contribution >= 0.6 is 0 Å². The summed E-state index contributed by atoms with van der Waals surface area (Å²) in [7, 11) is 0. The van der Waals surface area contributed by atoms with E-state index < -0.39 is 0 Å². The van der Waals surface area contributed by atoms with Crippen molar-refractivity contribution in [3.63, 3.8) is 0 Å². The van der Waals surface area contributed by atoms with E-state index in [4.69, 9.17) is 0 Å². The summed E-state index contributed by atoms with van der Waals surface area (Å²) in [5.41, 5.74) is 22.0. The lowest BCUT2D eigenvalue weighted by Crippen LogP contribution is -1.96. The minimum atomic E-state index is 0.924. The Kier molecular flexibility index (Phi) is 11.8. The number of benzene rings is 10. The van der Waals surface area contributed by atoms with Gasteiger partial charge in [0, 0.05) is 33.4 Å². The molecule has 0 radical (unpaired) electrons. The van der Waals surface area contributed by atoms with E-state index in [0.29, 0.717) is 0 Å². The van der Waals surface area contributed by atoms with Gasteiger partial charge < -0.3 is 9.88 Å². The molecular formula is C69H54N2. The zero-order valence-corrected chi connectivity index (χ0v) is 40.5. The molecule has 1 aliphatic rings. The molecule has 10 aromatic carbocycles. The molecule has 0 aliphatic heterocycles. The zero-order valence-electron chi connectivity index (χ0n) is 40.5. The van der Waals surface area contributed by atoms with Gasteiger partial charge in [0.15, 0.2) is 0 Å². The van der Waals surface area contributed by atoms with E-state index in [-0.39, 0.29) is 0 Å². The number of nitrogens with one attached hydrogen (secondary N) is 1. The summed E-state index contributed by atoms with van der Waals surface area (Å²) in [5.74, 6) is 0. The second-order valence-electron chi connectivity index (χ2n) is 18.5. The highest BCUT2D eigenvalue weighted by molar-refractivity contribution is 6.20. The van der Waals surface area contributed by atoms with Crippen LogP contribution in [0.3, 0.4) is 0 Å². The molecule has 0 saturated carbocycles. The minimum Gasteiger partial charge on any atom is -0.355 e. The highest BCUT2D eigenvalue weighted by atomic mass is 15.0. The van der Waals surface area contributed by atoms with Crippen LogP contribution in [0.15, 0.2) is 244 Å². The van der Waals surface area contributed by atoms with Crippen LogP contribution in [-0.2, 0) is 0 Å². The number of hydrogen-bond donors (Lipinski definition) is 1. The number of allylic oxidation sites excluding steroid dienone is 6. The Labute approximate surface area is 417 Å². The maximum absolute atomic E-state index is 4.64. The van der Waals surface area contributed by atoms with Crippen molar-refractivity contribution in [2.45, 2.75) is 20.8 Å². The number of aromatic nitrogens is 1. The van der Waals surface area contributed by atoms with Gasteiger partial charge in [-0.05, 0) is 169 Å². The van der Waals surface area contributed by atoms with E-state index in [0.717, 1.165) is 56.0 Å². The van der Waals surface area contributed by atoms with Crippen LogP contribution in [0.4, 0.5) is 11.4 Å². The van der Waals surface area contributed by atoms with Crippen LogP contribution in [0, 0.1) is 20.8 Å². The van der Waals surface area contributed by atoms with Gasteiger partial charge in [0.05, 0.1) is 11.0 Å². The van der Waals surface area contributed by atoms with Crippen molar-refractivity contribution < 1.29 is 0 Å². The lowest BCUT2D eigenvalue weighted by Gasteiger charge is -2.16. The summed E-state index contributed by atoms with van der Waals surface area (Å²) in [6.07, 6.45) is 8.20. The zero-order chi connectivity index (χ0) is 48.6. The highest BCUT2D eigenvalue weighted by Gasteiger charge is 2.22. The van der Waals surface area contributed by atoms with Crippen molar-refractivity contribution in [3.8, 4) is 27.9 Å². The predicted molar refractivity (Wildman–Crippen MR) is 309 cm³/mol. The second-order valence-corrected chi connectivity index (χ2v) is 18.5. The fourth-order valence-electron chi connectivity index (χ4n) is 10.3. The molecule has 0 atom stereocenters. The Hall–Kier alpha value is -8.98. The van der Waals surface area contributed by atoms with Crippen molar-refractivity contribution in [1.29, 1.82) is 0 Å². The molecule has 71 heavy (non-hydrogen) atoms. The number of anilines is 2. The van der Waals surface area contributed by atoms with Crippen LogP contribution in [0.2, 0.25) is 0 Å². The SMILES string of the molecule is C=CC1=C(C=C)c2ccc(-c3ccc(Nc4ccc(-c5ccc6c(c5)c5ccccc5n6-c5ccc6ccccc6c5)cc4C(=C)/C=C\c4ccccc4C)cc3)c3cccc1c23.Cc1ccccc1C. The Morgan fingerprint density at radius 2 is 1.07 bits per heavy atom. The normalized spacial score (nSPS) is 11.9. The van der Waals surface area contributed by atoms with Crippen LogP contribution in [0.1, 0.15) is 38.9 Å². The minimum absolute atomic E-state index is 0.924. The molecule has 0 unspecified atom stereocenters. The van der Waals surface area contributed by atoms with Gasteiger partial charge in [-0.15, -0.1) is 0 Å². The van der Waals surface area contributed by atoms with Gasteiger partial charge in [-0.1, -0.05) is 196 Å². The molecule has 1 N–H and O–H groups in total. The van der Waals surface area contributed by atoms with Gasteiger partial charge in [-0.2, -0.15) is 0 Å². The number of fused-ring (bicyclic) bond motifs is 4. The molecule has 1 aromatic heterocycles. The van der Waals surface area contributed by atoms with Gasteiger partial charge in [0.1, 0.15) is 0 Å². The molecule has 1 heterocycles. The molecule has 0 spiro atoms. The first kappa shape index (κ1) is 44.5. The Balaban J connectivity index is 0.000000625. The fourth-order valence-corrected chi connectivity index (χ4v) is 10.3. The van der Waals surface area contributed by atoms with Gasteiger partial charge in [0.25, 0.3) is 0 Å². The van der Waals surface area contributed by atoms with Crippen molar-refractivity contribution in [2.24, 2.45) is 0 Å². The van der Waals surface area contributed by atoms with E-state index in [1.165, 1.54) is 82.3 Å². The topological polar surface area (TPSA) is 17.0 Å². The molecule has 2 heteroatoms. The van der Waals surface area contributed by atoms with E-state index in [9.17, 15) is 0 Å². The van der Waals surface area contributed by atoms with Crippen LogP contribution in [0.5, 0.6) is 0 Å². The molecular weight excluding hydrogens is 857 g/mol. The number of nitrogens with zero attached hydrogens (tertiary/aromatic N) is 1. The third kappa shape index (κ3) is 8.30. The Bertz CT molecular complexity index is 3940. The number of aryl methyl sites for hydroxylation is 3. The van der Waals surface area contributed by atoms with Crippen LogP contribution < -0.4 is 5.32 Å². The van der Waals surface area contributed by atoms with Gasteiger partial charge in [-0.3, -0.25) is 0 Å². The van der Waals surface area contributed by atoms with Crippen molar-refractivity contribution in [2.75, 3.05) is 5.32 Å². The van der Waals surface area contributed by atoms with Gasteiger partial charge in [0.2, 0.25) is 0 Å². The lowest BCUT2D eigenvalue weighted by atomic mass is 9.93. The van der Waals surface area contributed by atoms with E-state index in [1.54, 1.807) is 0 Å². The Morgan fingerprint density at radius 1 is 0.465 bits per heavy atom. The highest BCUT2D eigenvalue weighted by Crippen LogP contribution is 2.46. The molecule has 12 rings (SSSR count). The largest absolute Gasteiger partial charge is 0.355 e. The second kappa shape index (κ2) is 18.8. The van der Waals surface area contributed by atoms with Gasteiger partial charge >= 0.3 is 0 Å². The Morgan fingerprint density at radius 3 is 1.82 bits per heavy atom. The lowest BCUT2D eigenvalue weighted by molar-refractivity contribution is 1.19. The third-order valence-electron chi connectivity index (χ3n) is 14.2. The summed E-state index contributed by atoms with van der Waals surface area (Å²) in [6, 6.07) is 74.2. The molecule has 2 nitrogen and oxygen atoms in total. The number of para-hydroxylation sites is 1. The molecule has 11 aromatic rings. The van der Waals surface area contributed by atoms with Crippen LogP contribution in [0.25, 0.3) is 94.1 Å². The van der Waals surface area contributed by atoms with Crippen molar-refractivity contribution in [1.82, 2.24) is 4.57 Å². The quantitative estimate of drug-likeness (QED) is 0.135. The average Bonchev–Trinajstić information content (AvgIpc) is 3.92. The molecule has 340 valence electrons. The summed E-state index contributed by atoms with van der Waals surface area (Å²) < 4.78 is 2.39. The maximum Gasteiger partial charge on any atom is 0.0541 e. The monoisotopic (exact) mass is 910 g/mol. The maximum atomic E-state index is 4.64. The molecule has 0 saturated heterocycles. The average molecular weight is 911 g/mol. The van der Waals surface area contributed by atoms with Crippen molar-refractivity contribution >= 4 is 77.5 Å². The molecule has 0 amide bonds. The van der Waals surface area contributed by atoms with E-state index in [1.807, 2.05) is 12.2 Å². The first-order valence-electron chi connectivity index (χ1n) is 24.3. The van der Waals surface area contributed by atoms with Crippen molar-refractivity contribution in [3.05, 3.63) is 283 Å². The number of rotatable bonds is 10. The molecule has 1 aliphatic carbocycles. The smallest absolute Gasteiger partial charge is 0.0541 e. The molecule has 0 fully saturated rings. The summed E-state index contributed by atoms with van der Waals surface area (Å²) in [5, 5.41) is 11.2. The van der Waals surface area contributed by atoms with Gasteiger partial charge in [-0.25, -0.2) is 0 Å². The standard InChI is InChI=1S/C61H44N2.C8H10/c1-5-49-50(6-2)55-33-32-51(54-20-13-19-53(49)61(54)55)43-24-29-47(30-25-43)62-58-34-27-45(37-56(58)40(4)22-23-41-15-8-7-14-39(41)3)46-28-35-60-57(38-46)52-18-11-12-21-59(52)63(60)48-31-26-42-16-9-10-17-44(42)36-48;1-7-5-3-4-6-8(7)2/h5-38,62H,1-2,4H2,3H3;3-6H,1-2H3/b23-22-;. The summed E-state index contributed by atoms with van der Waals surface area (Å²) >= 11 is 0. The van der Waals surface area contributed by atoms with E-state index >= 15 is 0 Å². The summed E-state index contributed by atoms with van der Waals surface area (Å²) in [4.78, 5) is 0. The van der Waals surface area contributed by atoms with Crippen LogP contribution in [-0.4, -0.2) is 4.57 Å². The molecule has 0 bridgehead atoms. The first-order valence-corrected chi connectivity index (χ1v) is 24.3. The predicted octanol–water partition coefficient (Wildman–Crippen LogP) is 19.1.